The second-order valence-electron chi connectivity index (χ2n) is 15.2. The summed E-state index contributed by atoms with van der Waals surface area (Å²) in [6.45, 7) is 8.80. The molecule has 14 heteroatoms. The minimum absolute atomic E-state index is 0.00193. The first-order chi connectivity index (χ1) is 23.9. The molecule has 0 unspecified atom stereocenters. The molecular formula is C36H49N5O9. The van der Waals surface area contributed by atoms with E-state index in [-0.39, 0.29) is 50.5 Å². The van der Waals surface area contributed by atoms with E-state index in [1.54, 1.807) is 6.07 Å². The fraction of sp³-hybridized carbons (Fsp3) is 0.639. The molecule has 4 aliphatic heterocycles. The topological polar surface area (TPSA) is 174 Å². The molecule has 50 heavy (non-hydrogen) atoms. The molecule has 0 aromatic heterocycles. The molecule has 272 valence electrons. The van der Waals surface area contributed by atoms with Crippen molar-refractivity contribution < 1.29 is 43.0 Å². The average Bonchev–Trinajstić information content (AvgIpc) is 3.44. The highest BCUT2D eigenvalue weighted by Gasteiger charge is 2.54. The number of benzene rings is 1. The number of hydrogen-bond acceptors (Lipinski definition) is 10. The quantitative estimate of drug-likeness (QED) is 0.237. The zero-order valence-electron chi connectivity index (χ0n) is 29.3. The van der Waals surface area contributed by atoms with Crippen LogP contribution in [0.1, 0.15) is 84.6 Å². The van der Waals surface area contributed by atoms with Gasteiger partial charge >= 0.3 is 0 Å². The Kier molecular flexibility index (Phi) is 10.4. The summed E-state index contributed by atoms with van der Waals surface area (Å²) in [4.78, 5) is 75.6. The molecule has 6 rings (SSSR count). The number of hydrogen-bond donors (Lipinski definition) is 4. The van der Waals surface area contributed by atoms with Crippen LogP contribution in [0.15, 0.2) is 24.3 Å². The lowest BCUT2D eigenvalue weighted by atomic mass is 9.85. The lowest BCUT2D eigenvalue weighted by molar-refractivity contribution is -0.145. The first-order valence-corrected chi connectivity index (χ1v) is 17.8. The molecule has 1 aromatic carbocycles. The Balaban J connectivity index is 1.26. The van der Waals surface area contributed by atoms with E-state index in [1.165, 1.54) is 4.90 Å². The number of nitrogens with one attached hydrogen (secondary N) is 4. The largest absolute Gasteiger partial charge is 0.454 e. The van der Waals surface area contributed by atoms with Gasteiger partial charge < -0.3 is 35.1 Å². The Morgan fingerprint density at radius 3 is 2.46 bits per heavy atom. The highest BCUT2D eigenvalue weighted by molar-refractivity contribution is 6.38. The van der Waals surface area contributed by atoms with Crippen LogP contribution < -0.4 is 30.9 Å². The summed E-state index contributed by atoms with van der Waals surface area (Å²) in [7, 11) is 0. The van der Waals surface area contributed by atoms with Crippen LogP contribution in [0.2, 0.25) is 0 Å². The van der Waals surface area contributed by atoms with Crippen LogP contribution >= 0.6 is 0 Å². The average molecular weight is 696 g/mol. The Morgan fingerprint density at radius 1 is 1.02 bits per heavy atom. The monoisotopic (exact) mass is 695 g/mol. The van der Waals surface area contributed by atoms with Gasteiger partial charge in [-0.05, 0) is 67.7 Å². The summed E-state index contributed by atoms with van der Waals surface area (Å²) >= 11 is 0. The van der Waals surface area contributed by atoms with Gasteiger partial charge in [-0.25, -0.2) is 0 Å². The van der Waals surface area contributed by atoms with Crippen molar-refractivity contribution in [3.63, 3.8) is 0 Å². The maximum absolute atomic E-state index is 14.6. The summed E-state index contributed by atoms with van der Waals surface area (Å²) in [6, 6.07) is 2.39. The van der Waals surface area contributed by atoms with E-state index < -0.39 is 52.6 Å². The Hall–Kier alpha value is -4.17. The molecule has 1 aliphatic carbocycles. The lowest BCUT2D eigenvalue weighted by Gasteiger charge is -2.36. The Labute approximate surface area is 292 Å². The van der Waals surface area contributed by atoms with Gasteiger partial charge in [0.1, 0.15) is 17.7 Å². The van der Waals surface area contributed by atoms with Crippen molar-refractivity contribution in [1.82, 2.24) is 26.3 Å². The number of nitrogens with zero attached hydrogens (tertiary/aromatic N) is 1. The van der Waals surface area contributed by atoms with Gasteiger partial charge in [-0.15, -0.1) is 0 Å². The van der Waals surface area contributed by atoms with Crippen LogP contribution in [0.4, 0.5) is 0 Å². The normalized spacial score (nSPS) is 24.3. The van der Waals surface area contributed by atoms with Crippen LogP contribution in [0.25, 0.3) is 5.70 Å². The molecular weight excluding hydrogens is 646 g/mol. The van der Waals surface area contributed by atoms with Crippen molar-refractivity contribution in [2.75, 3.05) is 26.6 Å². The van der Waals surface area contributed by atoms with Crippen LogP contribution in [0.5, 0.6) is 11.5 Å². The van der Waals surface area contributed by atoms with E-state index in [1.807, 2.05) is 45.9 Å². The van der Waals surface area contributed by atoms with Crippen molar-refractivity contribution in [2.24, 2.45) is 11.3 Å². The molecule has 14 nitrogen and oxygen atoms in total. The molecule has 4 atom stereocenters. The van der Waals surface area contributed by atoms with E-state index in [0.29, 0.717) is 36.8 Å². The molecule has 4 heterocycles. The van der Waals surface area contributed by atoms with Crippen LogP contribution in [-0.2, 0) is 33.5 Å². The molecule has 4 amide bonds. The number of ether oxygens (including phenoxy) is 3. The summed E-state index contributed by atoms with van der Waals surface area (Å²) in [5.41, 5.74) is 2.56. The molecule has 0 bridgehead atoms. The van der Waals surface area contributed by atoms with Gasteiger partial charge in [-0.3, -0.25) is 34.3 Å². The molecule has 0 radical (unpaired) electrons. The summed E-state index contributed by atoms with van der Waals surface area (Å²) in [6.07, 6.45) is 6.19. The summed E-state index contributed by atoms with van der Waals surface area (Å²) in [5.74, 6) is -1.30. The predicted molar refractivity (Wildman–Crippen MR) is 180 cm³/mol. The summed E-state index contributed by atoms with van der Waals surface area (Å²) < 4.78 is 16.4. The minimum Gasteiger partial charge on any atom is -0.454 e. The van der Waals surface area contributed by atoms with Gasteiger partial charge in [0.15, 0.2) is 11.5 Å². The molecule has 1 aromatic rings. The van der Waals surface area contributed by atoms with Crippen LogP contribution in [0, 0.1) is 11.3 Å². The third kappa shape index (κ3) is 8.07. The zero-order valence-corrected chi connectivity index (χ0v) is 29.3. The molecule has 3 fully saturated rings. The summed E-state index contributed by atoms with van der Waals surface area (Å²) in [5, 5.41) is 8.50. The van der Waals surface area contributed by atoms with Crippen molar-refractivity contribution >= 4 is 35.1 Å². The van der Waals surface area contributed by atoms with Gasteiger partial charge in [0.25, 0.3) is 5.91 Å². The molecule has 1 saturated carbocycles. The van der Waals surface area contributed by atoms with E-state index in [0.717, 1.165) is 31.2 Å². The number of fused-ring (bicyclic) bond motifs is 1. The Morgan fingerprint density at radius 2 is 1.76 bits per heavy atom. The molecule has 1 spiro atoms. The molecule has 4 N–H and O–H groups in total. The smallest absolute Gasteiger partial charge is 0.289 e. The van der Waals surface area contributed by atoms with Gasteiger partial charge in [-0.1, -0.05) is 34.1 Å². The lowest BCUT2D eigenvalue weighted by Crippen LogP contribution is -2.59. The number of carbonyl (C=O) groups excluding carboxylic acids is 5. The number of amides is 4. The van der Waals surface area contributed by atoms with Crippen molar-refractivity contribution in [1.29, 1.82) is 0 Å². The zero-order chi connectivity index (χ0) is 35.6. The molecule has 5 aliphatic rings. The van der Waals surface area contributed by atoms with Crippen molar-refractivity contribution in [3.8, 4) is 11.5 Å². The first-order valence-electron chi connectivity index (χ1n) is 17.8. The van der Waals surface area contributed by atoms with Crippen LogP contribution in [-0.4, -0.2) is 90.6 Å². The second kappa shape index (κ2) is 14.6. The number of carbonyl (C=O) groups is 5. The first kappa shape index (κ1) is 35.6. The third-order valence-electron chi connectivity index (χ3n) is 9.97. The van der Waals surface area contributed by atoms with Gasteiger partial charge in [-0.2, -0.15) is 0 Å². The fourth-order valence-corrected chi connectivity index (χ4v) is 6.94. The number of hydroxylamine groups is 1. The fourth-order valence-electron chi connectivity index (χ4n) is 6.94. The van der Waals surface area contributed by atoms with Crippen molar-refractivity contribution in [3.05, 3.63) is 29.8 Å². The maximum atomic E-state index is 14.6. The Bertz CT molecular complexity index is 1530. The number of rotatable bonds is 12. The SMILES string of the molecule is CCC[C@H](NC(=O)[C@@H]1C[C@]2(C=C(c3ccc4c(c3)OCO4)NO2)CN1C(=O)[C@@H](NC(=O)CC1CCOCC1)C(C)(C)C)C(=O)C(=O)NC1CC1. The highest BCUT2D eigenvalue weighted by Crippen LogP contribution is 2.41. The minimum atomic E-state index is -1.11. The van der Waals surface area contributed by atoms with E-state index >= 15 is 0 Å². The number of Topliss-reactive ketones (excluding diaryl/α,β-unsaturated/α-hetero) is 1. The molecule has 2 saturated heterocycles. The number of ketones is 1. The van der Waals surface area contributed by atoms with E-state index in [9.17, 15) is 24.0 Å². The second-order valence-corrected chi connectivity index (χ2v) is 15.2. The standard InChI is InChI=1S/C36H49N5O9/c1-5-6-24(30(43)33(45)37-23-8-9-23)38-32(44)26-18-36(17-25(40-50-36)22-7-10-27-28(16-22)49-20-48-27)19-41(26)34(46)31(35(2,3)4)39-29(42)15-21-11-13-47-14-12-21/h7,10,16-17,21,23-24,26,31,40H,5-6,8-9,11-15,18-20H2,1-4H3,(H,37,45)(H,38,44)(H,39,42)/t24-,26-,31+,36+/m0/s1. The number of likely N-dealkylation sites (tertiary alicyclic amines) is 1. The van der Waals surface area contributed by atoms with Gasteiger partial charge in [0.05, 0.1) is 18.3 Å². The maximum Gasteiger partial charge on any atom is 0.289 e. The third-order valence-corrected chi connectivity index (χ3v) is 9.97. The predicted octanol–water partition coefficient (Wildman–Crippen LogP) is 2.11. The van der Waals surface area contributed by atoms with E-state index in [2.05, 4.69) is 21.4 Å². The van der Waals surface area contributed by atoms with Gasteiger partial charge in [0.2, 0.25) is 30.3 Å². The van der Waals surface area contributed by atoms with Crippen molar-refractivity contribution in [2.45, 2.75) is 109 Å². The highest BCUT2D eigenvalue weighted by atomic mass is 16.7. The van der Waals surface area contributed by atoms with Gasteiger partial charge in [0, 0.05) is 37.7 Å². The van der Waals surface area contributed by atoms with E-state index in [4.69, 9.17) is 19.0 Å². The van der Waals surface area contributed by atoms with Crippen LogP contribution in [0.3, 0.4) is 0 Å².